The van der Waals surface area contributed by atoms with Gasteiger partial charge < -0.3 is 0 Å². The summed E-state index contributed by atoms with van der Waals surface area (Å²) < 4.78 is 0. The van der Waals surface area contributed by atoms with E-state index in [0.717, 1.165) is 37.5 Å². The Morgan fingerprint density at radius 3 is 1.00 bits per heavy atom. The van der Waals surface area contributed by atoms with Crippen molar-refractivity contribution in [1.29, 1.82) is 0 Å². The van der Waals surface area contributed by atoms with Gasteiger partial charge in [0, 0.05) is 24.2 Å². The van der Waals surface area contributed by atoms with Crippen LogP contribution in [-0.2, 0) is 0 Å². The Morgan fingerprint density at radius 1 is 0.571 bits per heavy atom. The highest BCUT2D eigenvalue weighted by Gasteiger charge is 2.63. The Balaban J connectivity index is 1.88. The van der Waals surface area contributed by atoms with Gasteiger partial charge >= 0.3 is 0 Å². The number of fused-ring (bicyclic) bond motifs is 4. The van der Waals surface area contributed by atoms with E-state index in [-0.39, 0.29) is 0 Å². The molecule has 0 spiro atoms. The molecule has 0 unspecified atom stereocenters. The Hall–Kier alpha value is -0.160. The standard InChI is InChI=1S/C10H20N4/c1-11-5-12(2)8-7(11)9-10(8)14(4)6-13(9)3/h7-10H,5-6H2,1-4H3. The van der Waals surface area contributed by atoms with Gasteiger partial charge in [-0.05, 0) is 28.2 Å². The molecule has 0 N–H and O–H groups in total. The van der Waals surface area contributed by atoms with Crippen LogP contribution in [0.25, 0.3) is 0 Å². The van der Waals surface area contributed by atoms with Crippen molar-refractivity contribution < 1.29 is 0 Å². The number of nitrogens with zero attached hydrogens (tertiary/aromatic N) is 4. The molecule has 0 aromatic rings. The van der Waals surface area contributed by atoms with Crippen molar-refractivity contribution in [2.75, 3.05) is 41.5 Å². The first-order valence-corrected chi connectivity index (χ1v) is 5.42. The molecule has 80 valence electrons. The Labute approximate surface area is 86.0 Å². The van der Waals surface area contributed by atoms with Crippen LogP contribution in [0, 0.1) is 0 Å². The van der Waals surface area contributed by atoms with Crippen LogP contribution in [0.5, 0.6) is 0 Å². The molecule has 3 rings (SSSR count). The number of likely N-dealkylation sites (N-methyl/N-ethyl adjacent to an activating group) is 4. The van der Waals surface area contributed by atoms with Gasteiger partial charge in [0.2, 0.25) is 0 Å². The molecule has 1 saturated carbocycles. The third-order valence-corrected chi connectivity index (χ3v) is 4.33. The van der Waals surface area contributed by atoms with Crippen LogP contribution >= 0.6 is 0 Å². The molecule has 14 heavy (non-hydrogen) atoms. The van der Waals surface area contributed by atoms with E-state index in [1.165, 1.54) is 0 Å². The molecular formula is C10H20N4. The monoisotopic (exact) mass is 196 g/mol. The molecule has 4 heteroatoms. The molecule has 0 amide bonds. The lowest BCUT2D eigenvalue weighted by Gasteiger charge is -2.50. The molecule has 2 aliphatic heterocycles. The summed E-state index contributed by atoms with van der Waals surface area (Å²) in [6.45, 7) is 2.26. The van der Waals surface area contributed by atoms with Crippen molar-refractivity contribution in [2.45, 2.75) is 24.2 Å². The fourth-order valence-corrected chi connectivity index (χ4v) is 3.83. The maximum atomic E-state index is 2.50. The lowest BCUT2D eigenvalue weighted by Crippen LogP contribution is -2.71. The average molecular weight is 196 g/mol. The maximum Gasteiger partial charge on any atom is 0.0508 e. The van der Waals surface area contributed by atoms with Crippen LogP contribution in [0.4, 0.5) is 0 Å². The van der Waals surface area contributed by atoms with Crippen molar-refractivity contribution in [1.82, 2.24) is 19.6 Å². The summed E-state index contributed by atoms with van der Waals surface area (Å²) in [4.78, 5) is 10.0. The van der Waals surface area contributed by atoms with Crippen molar-refractivity contribution in [3.05, 3.63) is 0 Å². The molecule has 3 fully saturated rings. The van der Waals surface area contributed by atoms with Crippen molar-refractivity contribution >= 4 is 0 Å². The molecular weight excluding hydrogens is 176 g/mol. The van der Waals surface area contributed by atoms with E-state index in [9.17, 15) is 0 Å². The molecule has 0 aromatic heterocycles. The number of hydrogen-bond donors (Lipinski definition) is 0. The minimum atomic E-state index is 0.764. The summed E-state index contributed by atoms with van der Waals surface area (Å²) in [6.07, 6.45) is 0. The van der Waals surface area contributed by atoms with Gasteiger partial charge in [-0.15, -0.1) is 0 Å². The first kappa shape index (κ1) is 9.09. The predicted molar refractivity (Wildman–Crippen MR) is 55.9 cm³/mol. The summed E-state index contributed by atoms with van der Waals surface area (Å²) in [5.74, 6) is 0. The van der Waals surface area contributed by atoms with Gasteiger partial charge in [0.15, 0.2) is 0 Å². The van der Waals surface area contributed by atoms with E-state index in [1.54, 1.807) is 0 Å². The van der Waals surface area contributed by atoms with E-state index in [1.807, 2.05) is 0 Å². The minimum absolute atomic E-state index is 0.764. The molecule has 1 aliphatic carbocycles. The third-order valence-electron chi connectivity index (χ3n) is 4.33. The summed E-state index contributed by atoms with van der Waals surface area (Å²) in [5, 5.41) is 0. The van der Waals surface area contributed by atoms with Gasteiger partial charge in [0.1, 0.15) is 0 Å². The Morgan fingerprint density at radius 2 is 0.786 bits per heavy atom. The van der Waals surface area contributed by atoms with E-state index >= 15 is 0 Å². The highest BCUT2D eigenvalue weighted by atomic mass is 15.5. The zero-order valence-electron chi connectivity index (χ0n) is 9.51. The van der Waals surface area contributed by atoms with Crippen molar-refractivity contribution in [3.8, 4) is 0 Å². The average Bonchev–Trinajstić information content (AvgIpc) is 2.31. The molecule has 0 atom stereocenters. The molecule has 3 aliphatic rings. The summed E-state index contributed by atoms with van der Waals surface area (Å²) in [7, 11) is 9.01. The van der Waals surface area contributed by atoms with Gasteiger partial charge in [-0.1, -0.05) is 0 Å². The topological polar surface area (TPSA) is 13.0 Å². The summed E-state index contributed by atoms with van der Waals surface area (Å²) in [5.41, 5.74) is 0. The summed E-state index contributed by atoms with van der Waals surface area (Å²) in [6, 6.07) is 3.06. The fraction of sp³-hybridized carbons (Fsp3) is 1.00. The van der Waals surface area contributed by atoms with Gasteiger partial charge in [0.25, 0.3) is 0 Å². The molecule has 0 aromatic carbocycles. The maximum absolute atomic E-state index is 2.50. The van der Waals surface area contributed by atoms with Gasteiger partial charge in [0.05, 0.1) is 13.3 Å². The van der Waals surface area contributed by atoms with Crippen LogP contribution in [0.3, 0.4) is 0 Å². The van der Waals surface area contributed by atoms with Crippen LogP contribution in [-0.4, -0.2) is 85.3 Å². The Kier molecular flexibility index (Phi) is 1.75. The normalized spacial score (nSPS) is 50.6. The molecule has 0 bridgehead atoms. The van der Waals surface area contributed by atoms with Gasteiger partial charge in [-0.25, -0.2) is 0 Å². The van der Waals surface area contributed by atoms with Gasteiger partial charge in [-0.3, -0.25) is 19.6 Å². The van der Waals surface area contributed by atoms with E-state index in [2.05, 4.69) is 47.8 Å². The second kappa shape index (κ2) is 2.70. The molecule has 0 radical (unpaired) electrons. The summed E-state index contributed by atoms with van der Waals surface area (Å²) >= 11 is 0. The van der Waals surface area contributed by atoms with Gasteiger partial charge in [-0.2, -0.15) is 0 Å². The zero-order valence-corrected chi connectivity index (χ0v) is 9.51. The fourth-order valence-electron chi connectivity index (χ4n) is 3.83. The lowest BCUT2D eigenvalue weighted by molar-refractivity contribution is 0.0362. The van der Waals surface area contributed by atoms with E-state index in [0.29, 0.717) is 0 Å². The largest absolute Gasteiger partial charge is 0.287 e. The molecule has 2 heterocycles. The predicted octanol–water partition coefficient (Wildman–Crippen LogP) is -0.856. The van der Waals surface area contributed by atoms with Crippen molar-refractivity contribution in [3.63, 3.8) is 0 Å². The first-order valence-electron chi connectivity index (χ1n) is 5.42. The SMILES string of the molecule is CN1CN(C)C2C1C1C2N(C)CN1C. The number of rotatable bonds is 0. The quantitative estimate of drug-likeness (QED) is 0.500. The minimum Gasteiger partial charge on any atom is -0.287 e. The second-order valence-corrected chi connectivity index (χ2v) is 5.27. The van der Waals surface area contributed by atoms with Crippen LogP contribution < -0.4 is 0 Å². The highest BCUT2D eigenvalue weighted by molar-refractivity contribution is 5.21. The highest BCUT2D eigenvalue weighted by Crippen LogP contribution is 2.43. The first-order chi connectivity index (χ1) is 6.61. The zero-order chi connectivity index (χ0) is 10.0. The molecule has 2 saturated heterocycles. The lowest BCUT2D eigenvalue weighted by atomic mass is 9.75. The smallest absolute Gasteiger partial charge is 0.0508 e. The van der Waals surface area contributed by atoms with Crippen molar-refractivity contribution in [2.24, 2.45) is 0 Å². The Bertz CT molecular complexity index is 199. The third kappa shape index (κ3) is 0.877. The van der Waals surface area contributed by atoms with Crippen LogP contribution in [0.1, 0.15) is 0 Å². The van der Waals surface area contributed by atoms with Crippen LogP contribution in [0.2, 0.25) is 0 Å². The second-order valence-electron chi connectivity index (χ2n) is 5.27. The van der Waals surface area contributed by atoms with Crippen LogP contribution in [0.15, 0.2) is 0 Å². The molecule has 4 nitrogen and oxygen atoms in total. The van der Waals surface area contributed by atoms with E-state index < -0.39 is 0 Å². The number of hydrogen-bond acceptors (Lipinski definition) is 4. The van der Waals surface area contributed by atoms with E-state index in [4.69, 9.17) is 0 Å².